The smallest absolute Gasteiger partial charge is 0.311 e. The number of rotatable bonds is 3. The first kappa shape index (κ1) is 17.4. The Balaban J connectivity index is 1.72. The first-order valence-corrected chi connectivity index (χ1v) is 9.20. The lowest BCUT2D eigenvalue weighted by molar-refractivity contribution is -0.175. The molecule has 1 unspecified atom stereocenters. The van der Waals surface area contributed by atoms with E-state index in [1.807, 2.05) is 20.8 Å². The van der Waals surface area contributed by atoms with Crippen LogP contribution in [0, 0.1) is 22.2 Å². The monoisotopic (exact) mass is 335 g/mol. The fourth-order valence-corrected chi connectivity index (χ4v) is 5.36. The number of ether oxygens (including phenoxy) is 1. The summed E-state index contributed by atoms with van der Waals surface area (Å²) in [4.78, 5) is 37.4. The average Bonchev–Trinajstić information content (AvgIpc) is 2.51. The summed E-state index contributed by atoms with van der Waals surface area (Å²) in [5, 5.41) is 2.49. The molecule has 5 heteroatoms. The SMILES string of the molecule is CC1(C(=O)OCC2CCCCC2)C[C@@]2(C)C[C@@](C)(C1)C(=O)NC2=O. The Hall–Kier alpha value is -1.39. The minimum absolute atomic E-state index is 0.243. The van der Waals surface area contributed by atoms with Crippen molar-refractivity contribution in [1.29, 1.82) is 0 Å². The minimum atomic E-state index is -0.774. The molecule has 5 nitrogen and oxygen atoms in total. The topological polar surface area (TPSA) is 72.5 Å². The van der Waals surface area contributed by atoms with Crippen LogP contribution in [-0.4, -0.2) is 24.4 Å². The number of carbonyl (C=O) groups excluding carboxylic acids is 3. The Labute approximate surface area is 143 Å². The zero-order valence-electron chi connectivity index (χ0n) is 15.1. The van der Waals surface area contributed by atoms with E-state index in [0.29, 0.717) is 31.8 Å². The molecule has 3 aliphatic rings. The molecule has 1 aliphatic heterocycles. The predicted octanol–water partition coefficient (Wildman–Crippen LogP) is 2.97. The van der Waals surface area contributed by atoms with Crippen LogP contribution < -0.4 is 5.32 Å². The van der Waals surface area contributed by atoms with Crippen molar-refractivity contribution >= 4 is 17.8 Å². The number of carbonyl (C=O) groups is 3. The quantitative estimate of drug-likeness (QED) is 0.636. The van der Waals surface area contributed by atoms with Gasteiger partial charge in [-0.25, -0.2) is 0 Å². The van der Waals surface area contributed by atoms with Crippen molar-refractivity contribution in [3.8, 4) is 0 Å². The molecule has 2 saturated carbocycles. The van der Waals surface area contributed by atoms with Crippen molar-refractivity contribution in [1.82, 2.24) is 5.32 Å². The molecule has 24 heavy (non-hydrogen) atoms. The molecule has 0 aromatic heterocycles. The van der Waals surface area contributed by atoms with Gasteiger partial charge in [-0.3, -0.25) is 19.7 Å². The summed E-state index contributed by atoms with van der Waals surface area (Å²) in [7, 11) is 0. The number of nitrogens with one attached hydrogen (secondary N) is 1. The Morgan fingerprint density at radius 2 is 1.54 bits per heavy atom. The number of amides is 2. The van der Waals surface area contributed by atoms with Gasteiger partial charge in [0, 0.05) is 10.8 Å². The van der Waals surface area contributed by atoms with Crippen LogP contribution in [-0.2, 0) is 19.1 Å². The largest absolute Gasteiger partial charge is 0.465 e. The number of piperidine rings is 1. The van der Waals surface area contributed by atoms with Crippen LogP contribution in [0.5, 0.6) is 0 Å². The highest BCUT2D eigenvalue weighted by Gasteiger charge is 2.61. The molecule has 1 N–H and O–H groups in total. The molecule has 2 aliphatic carbocycles. The summed E-state index contributed by atoms with van der Waals surface area (Å²) >= 11 is 0. The van der Waals surface area contributed by atoms with Crippen LogP contribution in [0.3, 0.4) is 0 Å². The number of hydrogen-bond donors (Lipinski definition) is 1. The van der Waals surface area contributed by atoms with Crippen LogP contribution in [0.25, 0.3) is 0 Å². The molecule has 134 valence electrons. The van der Waals surface area contributed by atoms with Crippen molar-refractivity contribution in [2.24, 2.45) is 22.2 Å². The number of fused-ring (bicyclic) bond motifs is 2. The van der Waals surface area contributed by atoms with Gasteiger partial charge in [0.1, 0.15) is 0 Å². The second-order valence-electron chi connectivity index (χ2n) is 9.10. The molecule has 3 fully saturated rings. The van der Waals surface area contributed by atoms with E-state index >= 15 is 0 Å². The molecule has 0 aromatic carbocycles. The van der Waals surface area contributed by atoms with Crippen LogP contribution in [0.1, 0.15) is 72.1 Å². The van der Waals surface area contributed by atoms with Gasteiger partial charge in [-0.15, -0.1) is 0 Å². The van der Waals surface area contributed by atoms with Crippen molar-refractivity contribution in [2.75, 3.05) is 6.61 Å². The van der Waals surface area contributed by atoms with Crippen LogP contribution in [0.15, 0.2) is 0 Å². The third-order valence-corrected chi connectivity index (χ3v) is 6.33. The lowest BCUT2D eigenvalue weighted by Crippen LogP contribution is -2.63. The van der Waals surface area contributed by atoms with E-state index in [2.05, 4.69) is 5.32 Å². The highest BCUT2D eigenvalue weighted by atomic mass is 16.5. The molecule has 0 spiro atoms. The van der Waals surface area contributed by atoms with Gasteiger partial charge >= 0.3 is 5.97 Å². The highest BCUT2D eigenvalue weighted by Crippen LogP contribution is 2.57. The van der Waals surface area contributed by atoms with E-state index in [9.17, 15) is 14.4 Å². The maximum Gasteiger partial charge on any atom is 0.311 e. The third-order valence-electron chi connectivity index (χ3n) is 6.33. The van der Waals surface area contributed by atoms with Crippen molar-refractivity contribution in [2.45, 2.75) is 72.1 Å². The standard InChI is InChI=1S/C19H29NO4/c1-17-10-18(2,15(22)20-14(17)21)12-19(3,11-17)16(23)24-9-13-7-5-4-6-8-13/h13H,4-12H2,1-3H3,(H,20,21,22)/t17-,18+,19?. The molecule has 0 aromatic rings. The van der Waals surface area contributed by atoms with Crippen molar-refractivity contribution < 1.29 is 19.1 Å². The fraction of sp³-hybridized carbons (Fsp3) is 0.842. The first-order valence-electron chi connectivity index (χ1n) is 9.20. The lowest BCUT2D eigenvalue weighted by Gasteiger charge is -2.52. The van der Waals surface area contributed by atoms with Gasteiger partial charge in [0.05, 0.1) is 12.0 Å². The molecule has 3 atom stereocenters. The summed E-state index contributed by atoms with van der Waals surface area (Å²) in [5.41, 5.74) is -2.14. The van der Waals surface area contributed by atoms with Gasteiger partial charge < -0.3 is 4.74 Å². The van der Waals surface area contributed by atoms with Crippen LogP contribution in [0.4, 0.5) is 0 Å². The van der Waals surface area contributed by atoms with E-state index < -0.39 is 16.2 Å². The third kappa shape index (κ3) is 2.98. The summed E-state index contributed by atoms with van der Waals surface area (Å²) < 4.78 is 5.67. The van der Waals surface area contributed by atoms with E-state index in [4.69, 9.17) is 4.74 Å². The molecule has 0 radical (unpaired) electrons. The van der Waals surface area contributed by atoms with Crippen LogP contribution >= 0.6 is 0 Å². The van der Waals surface area contributed by atoms with E-state index in [0.717, 1.165) is 12.8 Å². The summed E-state index contributed by atoms with van der Waals surface area (Å²) in [6.45, 7) is 6.05. The van der Waals surface area contributed by atoms with Gasteiger partial charge in [-0.1, -0.05) is 33.1 Å². The Morgan fingerprint density at radius 3 is 2.08 bits per heavy atom. The molecule has 2 bridgehead atoms. The van der Waals surface area contributed by atoms with E-state index in [-0.39, 0.29) is 17.8 Å². The lowest BCUT2D eigenvalue weighted by atomic mass is 9.52. The summed E-state index contributed by atoms with van der Waals surface area (Å²) in [5.74, 6) is -0.287. The second kappa shape index (κ2) is 5.85. The fourth-order valence-electron chi connectivity index (χ4n) is 5.36. The summed E-state index contributed by atoms with van der Waals surface area (Å²) in [6, 6.07) is 0. The second-order valence-corrected chi connectivity index (χ2v) is 9.10. The van der Waals surface area contributed by atoms with Gasteiger partial charge in [-0.05, 0) is 44.9 Å². The zero-order valence-corrected chi connectivity index (χ0v) is 15.1. The number of imide groups is 1. The summed E-state index contributed by atoms with van der Waals surface area (Å²) in [6.07, 6.45) is 7.35. The molecule has 2 amide bonds. The van der Waals surface area contributed by atoms with Gasteiger partial charge in [0.15, 0.2) is 0 Å². The first-order chi connectivity index (χ1) is 11.2. The molecular weight excluding hydrogens is 306 g/mol. The van der Waals surface area contributed by atoms with Crippen LogP contribution in [0.2, 0.25) is 0 Å². The number of hydrogen-bond acceptors (Lipinski definition) is 4. The predicted molar refractivity (Wildman–Crippen MR) is 88.9 cm³/mol. The van der Waals surface area contributed by atoms with E-state index in [1.165, 1.54) is 19.3 Å². The molecule has 1 saturated heterocycles. The Bertz CT molecular complexity index is 538. The van der Waals surface area contributed by atoms with Crippen molar-refractivity contribution in [3.05, 3.63) is 0 Å². The Kier molecular flexibility index (Phi) is 4.25. The molecule has 1 heterocycles. The van der Waals surface area contributed by atoms with Gasteiger partial charge in [-0.2, -0.15) is 0 Å². The molecular formula is C19H29NO4. The van der Waals surface area contributed by atoms with E-state index in [1.54, 1.807) is 0 Å². The zero-order chi connectivity index (χ0) is 17.6. The maximum atomic E-state index is 12.8. The normalized spacial score (nSPS) is 40.1. The maximum absolute atomic E-state index is 12.8. The van der Waals surface area contributed by atoms with Gasteiger partial charge in [0.2, 0.25) is 11.8 Å². The highest BCUT2D eigenvalue weighted by molar-refractivity contribution is 6.04. The average molecular weight is 335 g/mol. The Morgan fingerprint density at radius 1 is 1.00 bits per heavy atom. The minimum Gasteiger partial charge on any atom is -0.465 e. The number of esters is 1. The molecule has 3 rings (SSSR count). The van der Waals surface area contributed by atoms with Gasteiger partial charge in [0.25, 0.3) is 0 Å². The van der Waals surface area contributed by atoms with Crippen molar-refractivity contribution in [3.63, 3.8) is 0 Å².